The molecule has 5 atom stereocenters. The summed E-state index contributed by atoms with van der Waals surface area (Å²) in [5.74, 6) is 0. The lowest BCUT2D eigenvalue weighted by molar-refractivity contribution is -0.315. The highest BCUT2D eigenvalue weighted by atomic mass is 16.7. The van der Waals surface area contributed by atoms with Gasteiger partial charge in [0.15, 0.2) is 6.29 Å². The molecule has 3 aromatic carbocycles. The Hall–Kier alpha value is -2.58. The number of aliphatic hydroxyl groups is 1. The summed E-state index contributed by atoms with van der Waals surface area (Å²) >= 11 is 0. The quantitative estimate of drug-likeness (QED) is 0.461. The summed E-state index contributed by atoms with van der Waals surface area (Å²) in [4.78, 5) is 0. The van der Waals surface area contributed by atoms with E-state index in [0.29, 0.717) is 19.8 Å². The van der Waals surface area contributed by atoms with Gasteiger partial charge in [-0.25, -0.2) is 0 Å². The molecule has 180 valence electrons. The zero-order chi connectivity index (χ0) is 23.6. The van der Waals surface area contributed by atoms with E-state index >= 15 is 0 Å². The van der Waals surface area contributed by atoms with Crippen LogP contribution in [-0.4, -0.2) is 49.5 Å². The third kappa shape index (κ3) is 6.73. The van der Waals surface area contributed by atoms with Crippen LogP contribution in [-0.2, 0) is 43.5 Å². The number of rotatable bonds is 11. The van der Waals surface area contributed by atoms with Crippen molar-refractivity contribution in [2.75, 3.05) is 13.7 Å². The zero-order valence-corrected chi connectivity index (χ0v) is 19.4. The van der Waals surface area contributed by atoms with Crippen molar-refractivity contribution < 1.29 is 28.8 Å². The molecule has 1 N–H and O–H groups in total. The van der Waals surface area contributed by atoms with E-state index in [2.05, 4.69) is 0 Å². The number of benzene rings is 3. The predicted molar refractivity (Wildman–Crippen MR) is 128 cm³/mol. The van der Waals surface area contributed by atoms with Crippen LogP contribution < -0.4 is 0 Å². The van der Waals surface area contributed by atoms with Crippen molar-refractivity contribution in [3.05, 3.63) is 108 Å². The van der Waals surface area contributed by atoms with Crippen LogP contribution in [0.4, 0.5) is 0 Å². The first-order valence-electron chi connectivity index (χ1n) is 11.5. The Balaban J connectivity index is 1.44. The highest BCUT2D eigenvalue weighted by Crippen LogP contribution is 2.28. The van der Waals surface area contributed by atoms with Crippen LogP contribution >= 0.6 is 0 Å². The molecule has 0 saturated carbocycles. The van der Waals surface area contributed by atoms with Crippen molar-refractivity contribution >= 4 is 0 Å². The highest BCUT2D eigenvalue weighted by molar-refractivity contribution is 5.15. The average Bonchev–Trinajstić information content (AvgIpc) is 2.89. The van der Waals surface area contributed by atoms with Crippen molar-refractivity contribution in [2.45, 2.75) is 50.5 Å². The first kappa shape index (κ1) is 24.5. The lowest BCUT2D eigenvalue weighted by atomic mass is 9.98. The average molecular weight is 465 g/mol. The van der Waals surface area contributed by atoms with Gasteiger partial charge in [0.25, 0.3) is 0 Å². The first-order valence-corrected chi connectivity index (χ1v) is 11.5. The van der Waals surface area contributed by atoms with Gasteiger partial charge in [0.1, 0.15) is 24.4 Å². The van der Waals surface area contributed by atoms with Gasteiger partial charge in [-0.1, -0.05) is 91.0 Å². The molecule has 0 aromatic heterocycles. The second-order valence-corrected chi connectivity index (χ2v) is 8.29. The third-order valence-corrected chi connectivity index (χ3v) is 5.82. The fourth-order valence-corrected chi connectivity index (χ4v) is 3.99. The maximum absolute atomic E-state index is 11.2. The standard InChI is InChI=1S/C28H32O6/c1-30-28-27(33-19-23-15-9-4-10-16-23)26(32-18-22-13-7-3-8-14-22)25(29)24(34-28)20-31-17-21-11-5-2-6-12-21/h2-16,24-29H,17-20H2,1H3/t24?,25-,26-,27?,28-/m0/s1. The van der Waals surface area contributed by atoms with E-state index in [4.69, 9.17) is 23.7 Å². The summed E-state index contributed by atoms with van der Waals surface area (Å²) in [6, 6.07) is 29.6. The number of hydrogen-bond acceptors (Lipinski definition) is 6. The Morgan fingerprint density at radius 3 is 1.65 bits per heavy atom. The minimum atomic E-state index is -0.952. The van der Waals surface area contributed by atoms with Gasteiger partial charge in [0, 0.05) is 7.11 Å². The fourth-order valence-electron chi connectivity index (χ4n) is 3.99. The molecule has 0 aliphatic carbocycles. The van der Waals surface area contributed by atoms with Gasteiger partial charge in [-0.05, 0) is 16.7 Å². The molecule has 1 fully saturated rings. The van der Waals surface area contributed by atoms with Gasteiger partial charge in [-0.3, -0.25) is 0 Å². The SMILES string of the molecule is CO[C@H]1OC(COCc2ccccc2)[C@H](O)[C@H](OCc2ccccc2)C1OCc1ccccc1. The second kappa shape index (κ2) is 12.8. The van der Waals surface area contributed by atoms with Gasteiger partial charge in [0.05, 0.1) is 26.4 Å². The maximum atomic E-state index is 11.2. The molecule has 0 radical (unpaired) electrons. The summed E-state index contributed by atoms with van der Waals surface area (Å²) in [6.45, 7) is 1.31. The van der Waals surface area contributed by atoms with Crippen molar-refractivity contribution in [3.8, 4) is 0 Å². The monoisotopic (exact) mass is 464 g/mol. The largest absolute Gasteiger partial charge is 0.387 e. The van der Waals surface area contributed by atoms with E-state index in [1.54, 1.807) is 7.11 Å². The van der Waals surface area contributed by atoms with E-state index in [1.165, 1.54) is 0 Å². The molecule has 34 heavy (non-hydrogen) atoms. The van der Waals surface area contributed by atoms with E-state index < -0.39 is 30.7 Å². The smallest absolute Gasteiger partial charge is 0.186 e. The second-order valence-electron chi connectivity index (χ2n) is 8.29. The molecule has 6 nitrogen and oxygen atoms in total. The summed E-state index contributed by atoms with van der Waals surface area (Å²) in [6.07, 6.45) is -3.56. The number of methoxy groups -OCH3 is 1. The minimum Gasteiger partial charge on any atom is -0.387 e. The lowest BCUT2D eigenvalue weighted by Gasteiger charge is -2.43. The van der Waals surface area contributed by atoms with Crippen molar-refractivity contribution in [1.82, 2.24) is 0 Å². The fraction of sp³-hybridized carbons (Fsp3) is 0.357. The molecule has 0 spiro atoms. The molecule has 3 aromatic rings. The summed E-state index contributed by atoms with van der Waals surface area (Å²) in [5.41, 5.74) is 3.08. The van der Waals surface area contributed by atoms with Crippen LogP contribution in [0.15, 0.2) is 91.0 Å². The van der Waals surface area contributed by atoms with E-state index in [0.717, 1.165) is 16.7 Å². The lowest BCUT2D eigenvalue weighted by Crippen LogP contribution is -2.60. The molecule has 1 saturated heterocycles. The zero-order valence-electron chi connectivity index (χ0n) is 19.4. The van der Waals surface area contributed by atoms with Crippen LogP contribution in [0, 0.1) is 0 Å². The van der Waals surface area contributed by atoms with Gasteiger partial charge in [0.2, 0.25) is 0 Å². The van der Waals surface area contributed by atoms with Gasteiger partial charge in [-0.15, -0.1) is 0 Å². The Morgan fingerprint density at radius 1 is 0.676 bits per heavy atom. The maximum Gasteiger partial charge on any atom is 0.186 e. The van der Waals surface area contributed by atoms with Crippen molar-refractivity contribution in [3.63, 3.8) is 0 Å². The normalized spacial score (nSPS) is 24.7. The molecule has 4 rings (SSSR count). The number of hydrogen-bond donors (Lipinski definition) is 1. The van der Waals surface area contributed by atoms with Crippen molar-refractivity contribution in [2.24, 2.45) is 0 Å². The van der Waals surface area contributed by atoms with E-state index in [1.807, 2.05) is 91.0 Å². The topological polar surface area (TPSA) is 66.4 Å². The Bertz CT molecular complexity index is 952. The molecule has 2 unspecified atom stereocenters. The van der Waals surface area contributed by atoms with Crippen LogP contribution in [0.3, 0.4) is 0 Å². The first-order chi connectivity index (χ1) is 16.7. The van der Waals surface area contributed by atoms with Crippen LogP contribution in [0.2, 0.25) is 0 Å². The van der Waals surface area contributed by atoms with Crippen LogP contribution in [0.1, 0.15) is 16.7 Å². The minimum absolute atomic E-state index is 0.201. The molecule has 0 amide bonds. The highest BCUT2D eigenvalue weighted by Gasteiger charge is 2.47. The molecule has 6 heteroatoms. The number of aliphatic hydroxyl groups excluding tert-OH is 1. The Morgan fingerprint density at radius 2 is 1.15 bits per heavy atom. The van der Waals surface area contributed by atoms with E-state index in [9.17, 15) is 5.11 Å². The van der Waals surface area contributed by atoms with Gasteiger partial charge in [-0.2, -0.15) is 0 Å². The summed E-state index contributed by atoms with van der Waals surface area (Å²) in [7, 11) is 1.57. The van der Waals surface area contributed by atoms with Crippen LogP contribution in [0.25, 0.3) is 0 Å². The molecular weight excluding hydrogens is 432 g/mol. The molecule has 0 bridgehead atoms. The van der Waals surface area contributed by atoms with Crippen molar-refractivity contribution in [1.29, 1.82) is 0 Å². The summed E-state index contributed by atoms with van der Waals surface area (Å²) < 4.78 is 30.0. The van der Waals surface area contributed by atoms with Crippen LogP contribution in [0.5, 0.6) is 0 Å². The van der Waals surface area contributed by atoms with E-state index in [-0.39, 0.29) is 6.61 Å². The predicted octanol–water partition coefficient (Wildman–Crippen LogP) is 4.11. The van der Waals surface area contributed by atoms with Gasteiger partial charge < -0.3 is 28.8 Å². The molecular formula is C28H32O6. The van der Waals surface area contributed by atoms with Gasteiger partial charge >= 0.3 is 0 Å². The Kier molecular flexibility index (Phi) is 9.21. The summed E-state index contributed by atoms with van der Waals surface area (Å²) in [5, 5.41) is 11.2. The molecule has 1 aliphatic heterocycles. The Labute approximate surface area is 201 Å². The molecule has 1 aliphatic rings. The molecule has 1 heterocycles. The number of ether oxygens (including phenoxy) is 5. The third-order valence-electron chi connectivity index (χ3n) is 5.82.